The van der Waals surface area contributed by atoms with E-state index in [2.05, 4.69) is 6.92 Å². The highest BCUT2D eigenvalue weighted by atomic mass is 19.3. The van der Waals surface area contributed by atoms with E-state index in [0.29, 0.717) is 18.1 Å². The third-order valence-electron chi connectivity index (χ3n) is 5.29. The third-order valence-corrected chi connectivity index (χ3v) is 5.29. The molecule has 0 N–H and O–H groups in total. The maximum absolute atomic E-state index is 14.0. The predicted molar refractivity (Wildman–Crippen MR) is 101 cm³/mol. The summed E-state index contributed by atoms with van der Waals surface area (Å²) in [6.07, 6.45) is 10.5. The Morgan fingerprint density at radius 2 is 1.73 bits per heavy atom. The van der Waals surface area contributed by atoms with E-state index in [1.807, 2.05) is 0 Å². The van der Waals surface area contributed by atoms with Crippen molar-refractivity contribution in [2.45, 2.75) is 83.2 Å². The summed E-state index contributed by atoms with van der Waals surface area (Å²) in [5.41, 5.74) is 0.859. The molecule has 0 saturated heterocycles. The van der Waals surface area contributed by atoms with Crippen LogP contribution in [0.15, 0.2) is 24.3 Å². The van der Waals surface area contributed by atoms with Crippen molar-refractivity contribution < 1.29 is 17.9 Å². The highest BCUT2D eigenvalue weighted by molar-refractivity contribution is 5.51. The average molecular weight is 368 g/mol. The Balaban J connectivity index is 1.70. The molecule has 0 heterocycles. The fourth-order valence-electron chi connectivity index (χ4n) is 3.73. The molecule has 0 aliphatic heterocycles. The molecule has 2 rings (SSSR count). The maximum atomic E-state index is 14.0. The quantitative estimate of drug-likeness (QED) is 0.389. The molecule has 4 heteroatoms. The second kappa shape index (κ2) is 11.4. The molecule has 0 unspecified atom stereocenters. The van der Waals surface area contributed by atoms with Crippen LogP contribution in [0, 0.1) is 5.82 Å². The first-order valence-corrected chi connectivity index (χ1v) is 10.0. The van der Waals surface area contributed by atoms with Gasteiger partial charge in [-0.15, -0.1) is 0 Å². The van der Waals surface area contributed by atoms with Crippen LogP contribution in [0.25, 0.3) is 6.08 Å². The Kier molecular flexibility index (Phi) is 9.24. The Labute approximate surface area is 155 Å². The van der Waals surface area contributed by atoms with Gasteiger partial charge in [-0.05, 0) is 49.7 Å². The van der Waals surface area contributed by atoms with Crippen LogP contribution in [0.4, 0.5) is 13.2 Å². The molecule has 1 nitrogen and oxygen atoms in total. The fraction of sp³-hybridized carbons (Fsp3) is 0.636. The first-order valence-electron chi connectivity index (χ1n) is 10.0. The Morgan fingerprint density at radius 1 is 1.04 bits per heavy atom. The minimum absolute atomic E-state index is 0.0512. The largest absolute Gasteiger partial charge is 0.378 e. The topological polar surface area (TPSA) is 9.23 Å². The second-order valence-corrected chi connectivity index (χ2v) is 7.33. The van der Waals surface area contributed by atoms with Crippen molar-refractivity contribution in [2.24, 2.45) is 0 Å². The van der Waals surface area contributed by atoms with Crippen molar-refractivity contribution in [1.29, 1.82) is 0 Å². The molecule has 1 aliphatic carbocycles. The number of ether oxygens (including phenoxy) is 1. The molecule has 146 valence electrons. The Hall–Kier alpha value is -1.29. The summed E-state index contributed by atoms with van der Waals surface area (Å²) >= 11 is 0. The van der Waals surface area contributed by atoms with Crippen molar-refractivity contribution in [1.82, 2.24) is 0 Å². The minimum atomic E-state index is -1.88. The standard InChI is InChI=1S/C22H31F3O/c1-2-3-4-5-6-7-14-26-20-12-10-17(11-13-20)18-8-9-19(16-22(24)25)21(23)15-18/h8-9,15-17,20H,2-7,10-14H2,1H3. The molecular weight excluding hydrogens is 337 g/mol. The lowest BCUT2D eigenvalue weighted by Crippen LogP contribution is -2.21. The van der Waals surface area contributed by atoms with Gasteiger partial charge in [0.05, 0.1) is 6.10 Å². The lowest BCUT2D eigenvalue weighted by molar-refractivity contribution is 0.0226. The highest BCUT2D eigenvalue weighted by Gasteiger charge is 2.23. The molecular formula is C22H31F3O. The van der Waals surface area contributed by atoms with E-state index in [1.54, 1.807) is 6.07 Å². The van der Waals surface area contributed by atoms with Gasteiger partial charge in [0, 0.05) is 18.2 Å². The molecule has 0 atom stereocenters. The highest BCUT2D eigenvalue weighted by Crippen LogP contribution is 2.35. The van der Waals surface area contributed by atoms with E-state index < -0.39 is 11.9 Å². The first-order chi connectivity index (χ1) is 12.6. The van der Waals surface area contributed by atoms with Crippen LogP contribution >= 0.6 is 0 Å². The second-order valence-electron chi connectivity index (χ2n) is 7.33. The van der Waals surface area contributed by atoms with Crippen LogP contribution in [-0.4, -0.2) is 12.7 Å². The third kappa shape index (κ3) is 7.14. The van der Waals surface area contributed by atoms with E-state index in [1.165, 1.54) is 44.2 Å². The molecule has 26 heavy (non-hydrogen) atoms. The van der Waals surface area contributed by atoms with Crippen molar-refractivity contribution in [2.75, 3.05) is 6.61 Å². The van der Waals surface area contributed by atoms with Crippen LogP contribution in [0.1, 0.15) is 88.2 Å². The summed E-state index contributed by atoms with van der Waals surface area (Å²) in [5, 5.41) is 0. The van der Waals surface area contributed by atoms with Gasteiger partial charge in [-0.1, -0.05) is 51.2 Å². The maximum Gasteiger partial charge on any atom is 0.271 e. The molecule has 0 radical (unpaired) electrons. The van der Waals surface area contributed by atoms with E-state index in [-0.39, 0.29) is 5.56 Å². The number of rotatable bonds is 10. The molecule has 0 spiro atoms. The first kappa shape index (κ1) is 21.0. The molecule has 0 amide bonds. The van der Waals surface area contributed by atoms with E-state index in [0.717, 1.165) is 44.3 Å². The normalized spacial score (nSPS) is 20.2. The monoisotopic (exact) mass is 368 g/mol. The predicted octanol–water partition coefficient (Wildman–Crippen LogP) is 7.47. The van der Waals surface area contributed by atoms with Gasteiger partial charge < -0.3 is 4.74 Å². The van der Waals surface area contributed by atoms with Crippen LogP contribution in [0.5, 0.6) is 0 Å². The summed E-state index contributed by atoms with van der Waals surface area (Å²) in [7, 11) is 0. The van der Waals surface area contributed by atoms with Gasteiger partial charge in [-0.25, -0.2) is 4.39 Å². The number of unbranched alkanes of at least 4 members (excludes halogenated alkanes) is 5. The average Bonchev–Trinajstić information content (AvgIpc) is 2.63. The zero-order valence-electron chi connectivity index (χ0n) is 15.8. The van der Waals surface area contributed by atoms with Gasteiger partial charge in [-0.2, -0.15) is 8.78 Å². The van der Waals surface area contributed by atoms with Gasteiger partial charge in [0.15, 0.2) is 0 Å². The number of halogens is 3. The van der Waals surface area contributed by atoms with Gasteiger partial charge in [-0.3, -0.25) is 0 Å². The lowest BCUT2D eigenvalue weighted by Gasteiger charge is -2.29. The van der Waals surface area contributed by atoms with Crippen LogP contribution in [-0.2, 0) is 4.74 Å². The molecule has 0 aromatic heterocycles. The molecule has 1 fully saturated rings. The van der Waals surface area contributed by atoms with Gasteiger partial charge in [0.1, 0.15) is 5.82 Å². The molecule has 1 aliphatic rings. The van der Waals surface area contributed by atoms with Crippen molar-refractivity contribution >= 4 is 6.08 Å². The van der Waals surface area contributed by atoms with Crippen LogP contribution in [0.2, 0.25) is 0 Å². The van der Waals surface area contributed by atoms with Crippen LogP contribution < -0.4 is 0 Å². The minimum Gasteiger partial charge on any atom is -0.378 e. The summed E-state index contributed by atoms with van der Waals surface area (Å²) in [6.45, 7) is 3.06. The van der Waals surface area contributed by atoms with Gasteiger partial charge >= 0.3 is 0 Å². The molecule has 1 aromatic rings. The molecule has 1 aromatic carbocycles. The zero-order valence-corrected chi connectivity index (χ0v) is 15.8. The molecule has 0 bridgehead atoms. The summed E-state index contributed by atoms with van der Waals surface area (Å²) < 4.78 is 44.5. The van der Waals surface area contributed by atoms with Gasteiger partial charge in [0.2, 0.25) is 0 Å². The molecule has 1 saturated carbocycles. The number of hydrogen-bond donors (Lipinski definition) is 0. The summed E-state index contributed by atoms with van der Waals surface area (Å²) in [4.78, 5) is 0. The van der Waals surface area contributed by atoms with Gasteiger partial charge in [0.25, 0.3) is 6.08 Å². The smallest absolute Gasteiger partial charge is 0.271 e. The number of hydrogen-bond acceptors (Lipinski definition) is 1. The van der Waals surface area contributed by atoms with Crippen LogP contribution in [0.3, 0.4) is 0 Å². The Morgan fingerprint density at radius 3 is 2.38 bits per heavy atom. The Bertz CT molecular complexity index is 559. The summed E-state index contributed by atoms with van der Waals surface area (Å²) in [6, 6.07) is 4.64. The van der Waals surface area contributed by atoms with Crippen molar-refractivity contribution in [3.63, 3.8) is 0 Å². The van der Waals surface area contributed by atoms with Crippen molar-refractivity contribution in [3.8, 4) is 0 Å². The zero-order chi connectivity index (χ0) is 18.8. The number of benzene rings is 1. The van der Waals surface area contributed by atoms with E-state index >= 15 is 0 Å². The summed E-state index contributed by atoms with van der Waals surface area (Å²) in [5.74, 6) is -0.275. The van der Waals surface area contributed by atoms with E-state index in [9.17, 15) is 13.2 Å². The lowest BCUT2D eigenvalue weighted by atomic mass is 9.82. The van der Waals surface area contributed by atoms with E-state index in [4.69, 9.17) is 4.74 Å². The SMILES string of the molecule is CCCCCCCCOC1CCC(c2ccc(C=C(F)F)c(F)c2)CC1. The fourth-order valence-corrected chi connectivity index (χ4v) is 3.73. The van der Waals surface area contributed by atoms with Crippen molar-refractivity contribution in [3.05, 3.63) is 41.2 Å².